The number of nitrogens with one attached hydrogen (secondary N) is 1. The molecule has 0 rings (SSSR count). The van der Waals surface area contributed by atoms with E-state index in [2.05, 4.69) is 5.32 Å². The van der Waals surface area contributed by atoms with Crippen molar-refractivity contribution in [1.29, 1.82) is 0 Å². The number of hydrogen-bond donors (Lipinski definition) is 3. The van der Waals surface area contributed by atoms with Crippen LogP contribution in [0.3, 0.4) is 0 Å². The summed E-state index contributed by atoms with van der Waals surface area (Å²) in [5.74, 6) is -0.211. The van der Waals surface area contributed by atoms with E-state index >= 15 is 0 Å². The SMILES string of the molecule is CCC(O)CCNC(=O)C(C)C(C)N.Cl. The second-order valence-corrected chi connectivity index (χ2v) is 3.79. The third-order valence-corrected chi connectivity index (χ3v) is 2.45. The van der Waals surface area contributed by atoms with Crippen molar-refractivity contribution in [2.75, 3.05) is 6.54 Å². The minimum absolute atomic E-state index is 0. The van der Waals surface area contributed by atoms with E-state index in [0.29, 0.717) is 13.0 Å². The molecule has 0 aliphatic carbocycles. The highest BCUT2D eigenvalue weighted by atomic mass is 35.5. The van der Waals surface area contributed by atoms with Gasteiger partial charge in [0.15, 0.2) is 0 Å². The molecular weight excluding hydrogens is 216 g/mol. The van der Waals surface area contributed by atoms with Crippen LogP contribution in [0.2, 0.25) is 0 Å². The van der Waals surface area contributed by atoms with Crippen LogP contribution in [0.15, 0.2) is 0 Å². The van der Waals surface area contributed by atoms with Gasteiger partial charge in [-0.2, -0.15) is 0 Å². The van der Waals surface area contributed by atoms with Crippen molar-refractivity contribution in [2.45, 2.75) is 45.8 Å². The van der Waals surface area contributed by atoms with Crippen LogP contribution in [0.4, 0.5) is 0 Å². The molecule has 0 heterocycles. The molecular formula is C10H23ClN2O2. The lowest BCUT2D eigenvalue weighted by atomic mass is 10.0. The molecule has 3 atom stereocenters. The molecule has 92 valence electrons. The summed E-state index contributed by atoms with van der Waals surface area (Å²) in [4.78, 5) is 11.4. The number of hydrogen-bond acceptors (Lipinski definition) is 3. The van der Waals surface area contributed by atoms with Gasteiger partial charge in [0.1, 0.15) is 0 Å². The maximum atomic E-state index is 11.4. The zero-order chi connectivity index (χ0) is 11.1. The third-order valence-electron chi connectivity index (χ3n) is 2.45. The smallest absolute Gasteiger partial charge is 0.224 e. The first kappa shape index (κ1) is 17.1. The van der Waals surface area contributed by atoms with Crippen molar-refractivity contribution in [3.05, 3.63) is 0 Å². The predicted octanol–water partition coefficient (Wildman–Crippen LogP) is 0.669. The van der Waals surface area contributed by atoms with Crippen LogP contribution in [0.5, 0.6) is 0 Å². The second kappa shape index (κ2) is 8.95. The minimum Gasteiger partial charge on any atom is -0.393 e. The molecule has 3 unspecified atom stereocenters. The molecule has 1 amide bonds. The van der Waals surface area contributed by atoms with Gasteiger partial charge in [-0.05, 0) is 19.8 Å². The Morgan fingerprint density at radius 3 is 2.40 bits per heavy atom. The second-order valence-electron chi connectivity index (χ2n) is 3.79. The number of amides is 1. The van der Waals surface area contributed by atoms with E-state index in [4.69, 9.17) is 5.73 Å². The maximum Gasteiger partial charge on any atom is 0.224 e. The summed E-state index contributed by atoms with van der Waals surface area (Å²) in [5.41, 5.74) is 5.58. The molecule has 4 N–H and O–H groups in total. The first-order chi connectivity index (χ1) is 6.49. The van der Waals surface area contributed by atoms with Gasteiger partial charge in [-0.25, -0.2) is 0 Å². The van der Waals surface area contributed by atoms with Crippen molar-refractivity contribution in [1.82, 2.24) is 5.32 Å². The molecule has 0 aromatic heterocycles. The molecule has 0 bridgehead atoms. The van der Waals surface area contributed by atoms with Crippen LogP contribution in [0.25, 0.3) is 0 Å². The first-order valence-electron chi connectivity index (χ1n) is 5.20. The summed E-state index contributed by atoms with van der Waals surface area (Å²) >= 11 is 0. The number of carbonyl (C=O) groups excluding carboxylic acids is 1. The summed E-state index contributed by atoms with van der Waals surface area (Å²) in [7, 11) is 0. The lowest BCUT2D eigenvalue weighted by Crippen LogP contribution is -2.39. The van der Waals surface area contributed by atoms with Crippen LogP contribution in [0.1, 0.15) is 33.6 Å². The number of carbonyl (C=O) groups is 1. The first-order valence-corrected chi connectivity index (χ1v) is 5.20. The molecule has 0 aromatic rings. The maximum absolute atomic E-state index is 11.4. The average Bonchev–Trinajstić information content (AvgIpc) is 2.15. The molecule has 0 fully saturated rings. The Morgan fingerprint density at radius 2 is 2.00 bits per heavy atom. The van der Waals surface area contributed by atoms with Crippen molar-refractivity contribution < 1.29 is 9.90 Å². The fourth-order valence-electron chi connectivity index (χ4n) is 0.966. The summed E-state index contributed by atoms with van der Waals surface area (Å²) in [6.45, 7) is 6.04. The Balaban J connectivity index is 0. The van der Waals surface area contributed by atoms with Gasteiger partial charge in [-0.3, -0.25) is 4.79 Å². The summed E-state index contributed by atoms with van der Waals surface area (Å²) < 4.78 is 0. The van der Waals surface area contributed by atoms with E-state index in [1.165, 1.54) is 0 Å². The van der Waals surface area contributed by atoms with Gasteiger partial charge in [0.2, 0.25) is 5.91 Å². The van der Waals surface area contributed by atoms with Gasteiger partial charge in [0, 0.05) is 18.5 Å². The average molecular weight is 239 g/mol. The number of nitrogens with two attached hydrogens (primary N) is 1. The van der Waals surface area contributed by atoms with Crippen molar-refractivity contribution in [2.24, 2.45) is 11.7 Å². The molecule has 15 heavy (non-hydrogen) atoms. The molecule has 0 radical (unpaired) electrons. The quantitative estimate of drug-likeness (QED) is 0.637. The lowest BCUT2D eigenvalue weighted by molar-refractivity contribution is -0.125. The van der Waals surface area contributed by atoms with Gasteiger partial charge < -0.3 is 16.2 Å². The van der Waals surface area contributed by atoms with E-state index in [1.807, 2.05) is 13.8 Å². The van der Waals surface area contributed by atoms with Crippen molar-refractivity contribution in [3.63, 3.8) is 0 Å². The van der Waals surface area contributed by atoms with Crippen molar-refractivity contribution in [3.8, 4) is 0 Å². The molecule has 0 spiro atoms. The van der Waals surface area contributed by atoms with Gasteiger partial charge >= 0.3 is 0 Å². The van der Waals surface area contributed by atoms with E-state index in [1.54, 1.807) is 6.92 Å². The Bertz CT molecular complexity index is 177. The fourth-order valence-corrected chi connectivity index (χ4v) is 0.966. The van der Waals surface area contributed by atoms with Crippen LogP contribution in [-0.4, -0.2) is 29.7 Å². The third kappa shape index (κ3) is 7.59. The largest absolute Gasteiger partial charge is 0.393 e. The van der Waals surface area contributed by atoms with Gasteiger partial charge in [0.25, 0.3) is 0 Å². The monoisotopic (exact) mass is 238 g/mol. The van der Waals surface area contributed by atoms with Gasteiger partial charge in [-0.1, -0.05) is 13.8 Å². The minimum atomic E-state index is -0.319. The Hall–Kier alpha value is -0.320. The summed E-state index contributed by atoms with van der Waals surface area (Å²) in [5, 5.41) is 12.0. The number of halogens is 1. The molecule has 5 heteroatoms. The zero-order valence-electron chi connectivity index (χ0n) is 9.69. The van der Waals surface area contributed by atoms with Crippen molar-refractivity contribution >= 4 is 18.3 Å². The van der Waals surface area contributed by atoms with Crippen LogP contribution in [0, 0.1) is 5.92 Å². The zero-order valence-corrected chi connectivity index (χ0v) is 10.5. The lowest BCUT2D eigenvalue weighted by Gasteiger charge is -2.16. The normalized spacial score (nSPS) is 16.1. The topological polar surface area (TPSA) is 75.3 Å². The Kier molecular flexibility index (Phi) is 10.2. The highest BCUT2D eigenvalue weighted by Gasteiger charge is 2.16. The number of aliphatic hydroxyl groups is 1. The molecule has 0 saturated carbocycles. The molecule has 4 nitrogen and oxygen atoms in total. The van der Waals surface area contributed by atoms with E-state index in [-0.39, 0.29) is 36.4 Å². The molecule has 0 saturated heterocycles. The van der Waals surface area contributed by atoms with Gasteiger partial charge in [-0.15, -0.1) is 12.4 Å². The summed E-state index contributed by atoms with van der Waals surface area (Å²) in [6, 6.07) is -0.133. The van der Waals surface area contributed by atoms with Crippen LogP contribution < -0.4 is 11.1 Å². The van der Waals surface area contributed by atoms with E-state index in [9.17, 15) is 9.90 Å². The Labute approximate surface area is 98.0 Å². The number of rotatable bonds is 6. The van der Waals surface area contributed by atoms with Crippen LogP contribution in [-0.2, 0) is 4.79 Å². The predicted molar refractivity (Wildman–Crippen MR) is 64.0 cm³/mol. The Morgan fingerprint density at radius 1 is 1.47 bits per heavy atom. The summed E-state index contributed by atoms with van der Waals surface area (Å²) in [6.07, 6.45) is 1.01. The van der Waals surface area contributed by atoms with Crippen LogP contribution >= 0.6 is 12.4 Å². The molecule has 0 aliphatic heterocycles. The molecule has 0 aromatic carbocycles. The standard InChI is InChI=1S/C10H22N2O2.ClH/c1-4-9(13)5-6-12-10(14)7(2)8(3)11;/h7-9,13H,4-6,11H2,1-3H3,(H,12,14);1H. The van der Waals surface area contributed by atoms with E-state index < -0.39 is 0 Å². The van der Waals surface area contributed by atoms with E-state index in [0.717, 1.165) is 6.42 Å². The molecule has 0 aliphatic rings. The fraction of sp³-hybridized carbons (Fsp3) is 0.900. The highest BCUT2D eigenvalue weighted by Crippen LogP contribution is 2.00. The highest BCUT2D eigenvalue weighted by molar-refractivity contribution is 5.85. The van der Waals surface area contributed by atoms with Gasteiger partial charge in [0.05, 0.1) is 6.10 Å². The number of aliphatic hydroxyl groups excluding tert-OH is 1.